The van der Waals surface area contributed by atoms with E-state index in [2.05, 4.69) is 25.6 Å². The average Bonchev–Trinajstić information content (AvgIpc) is 3.21. The number of aliphatic hydroxyl groups excluding tert-OH is 1. The zero-order chi connectivity index (χ0) is 25.1. The Bertz CT molecular complexity index is 1250. The van der Waals surface area contributed by atoms with E-state index in [1.54, 1.807) is 10.6 Å². The third-order valence-electron chi connectivity index (χ3n) is 6.35. The Kier molecular flexibility index (Phi) is 7.07. The summed E-state index contributed by atoms with van der Waals surface area (Å²) in [6, 6.07) is 3.20. The summed E-state index contributed by atoms with van der Waals surface area (Å²) < 4.78 is 31.0. The van der Waals surface area contributed by atoms with Crippen molar-refractivity contribution in [3.05, 3.63) is 35.5 Å². The largest absolute Gasteiger partial charge is 0.394 e. The summed E-state index contributed by atoms with van der Waals surface area (Å²) in [7, 11) is 0. The second kappa shape index (κ2) is 10.2. The molecule has 0 aliphatic heterocycles. The molecule has 3 aromatic rings. The Morgan fingerprint density at radius 3 is 2.54 bits per heavy atom. The fourth-order valence-corrected chi connectivity index (χ4v) is 4.34. The number of anilines is 3. The molecule has 0 saturated heterocycles. The molecule has 12 heteroatoms. The Labute approximate surface area is 200 Å². The molecule has 1 fully saturated rings. The lowest BCUT2D eigenvalue weighted by molar-refractivity contribution is -0.122. The van der Waals surface area contributed by atoms with Gasteiger partial charge in [-0.05, 0) is 44.2 Å². The quantitative estimate of drug-likeness (QED) is 0.380. The highest BCUT2D eigenvalue weighted by atomic mass is 19.1. The summed E-state index contributed by atoms with van der Waals surface area (Å²) in [6.45, 7) is 1.81. The Morgan fingerprint density at radius 2 is 1.97 bits per heavy atom. The van der Waals surface area contributed by atoms with Crippen LogP contribution in [0.15, 0.2) is 18.3 Å². The summed E-state index contributed by atoms with van der Waals surface area (Å²) >= 11 is 0. The Hall–Kier alpha value is -3.85. The Morgan fingerprint density at radius 1 is 1.29 bits per heavy atom. The molecule has 1 aliphatic rings. The molecular formula is C23H26F2N8O2. The molecule has 2 aromatic heterocycles. The van der Waals surface area contributed by atoms with Gasteiger partial charge < -0.3 is 21.5 Å². The summed E-state index contributed by atoms with van der Waals surface area (Å²) in [5.74, 6) is -1.99. The number of halogens is 2. The van der Waals surface area contributed by atoms with Crippen LogP contribution >= 0.6 is 0 Å². The van der Waals surface area contributed by atoms with Crippen molar-refractivity contribution in [3.63, 3.8) is 0 Å². The summed E-state index contributed by atoms with van der Waals surface area (Å²) in [6.07, 6.45) is 4.46. The van der Waals surface area contributed by atoms with Gasteiger partial charge in [0.05, 0.1) is 30.5 Å². The van der Waals surface area contributed by atoms with E-state index >= 15 is 0 Å². The topological polar surface area (TPSA) is 155 Å². The van der Waals surface area contributed by atoms with Crippen molar-refractivity contribution in [2.24, 2.45) is 11.7 Å². The van der Waals surface area contributed by atoms with E-state index in [4.69, 9.17) is 11.0 Å². The van der Waals surface area contributed by atoms with E-state index in [0.29, 0.717) is 43.3 Å². The molecule has 1 aliphatic carbocycles. The lowest BCUT2D eigenvalue weighted by Crippen LogP contribution is -2.29. The molecule has 2 heterocycles. The number of hydrogen-bond donors (Lipinski definition) is 4. The van der Waals surface area contributed by atoms with Gasteiger partial charge in [-0.2, -0.15) is 10.2 Å². The predicted octanol–water partition coefficient (Wildman–Crippen LogP) is 3.12. The molecule has 0 bridgehead atoms. The van der Waals surface area contributed by atoms with E-state index < -0.39 is 17.3 Å². The number of carbonyl (C=O) groups is 1. The minimum atomic E-state index is -0.931. The van der Waals surface area contributed by atoms with Crippen molar-refractivity contribution in [2.45, 2.75) is 51.1 Å². The summed E-state index contributed by atoms with van der Waals surface area (Å²) in [4.78, 5) is 25.0. The van der Waals surface area contributed by atoms with Gasteiger partial charge in [-0.15, -0.1) is 0 Å². The number of nitrogens with two attached hydrogens (primary N) is 1. The standard InChI is InChI=1S/C23H26F2N8O2/c1-2-14(11-34)29-22-28-10-18-21(32-22)33(15-5-3-13(4-6-15)20(27)35)23(30-18)31-19-16(24)7-12(9-26)8-17(19)25/h7-8,10,13-15,34H,2-6,11H2,1H3,(H2,27,35)(H,30,31)(H,28,29,32)/t13-,14?,15+. The number of carbonyl (C=O) groups excluding carboxylic acids is 1. The number of nitrogens with one attached hydrogen (secondary N) is 2. The van der Waals surface area contributed by atoms with E-state index in [0.717, 1.165) is 12.1 Å². The number of amides is 1. The molecule has 0 radical (unpaired) electrons. The number of rotatable bonds is 8. The van der Waals surface area contributed by atoms with Crippen molar-refractivity contribution in [1.29, 1.82) is 5.26 Å². The van der Waals surface area contributed by atoms with Gasteiger partial charge in [0.15, 0.2) is 17.3 Å². The molecule has 10 nitrogen and oxygen atoms in total. The number of nitriles is 1. The molecule has 1 saturated carbocycles. The van der Waals surface area contributed by atoms with Gasteiger partial charge >= 0.3 is 0 Å². The van der Waals surface area contributed by atoms with Crippen LogP contribution in [-0.4, -0.2) is 43.2 Å². The first-order valence-electron chi connectivity index (χ1n) is 11.4. The highest BCUT2D eigenvalue weighted by molar-refractivity contribution is 5.78. The molecular weight excluding hydrogens is 458 g/mol. The number of primary amides is 1. The number of fused-ring (bicyclic) bond motifs is 1. The number of aliphatic hydroxyl groups is 1. The number of imidazole rings is 1. The minimum absolute atomic E-state index is 0.0989. The van der Waals surface area contributed by atoms with Crippen LogP contribution < -0.4 is 16.4 Å². The first kappa shape index (κ1) is 24.3. The second-order valence-electron chi connectivity index (χ2n) is 8.60. The first-order chi connectivity index (χ1) is 16.8. The second-order valence-corrected chi connectivity index (χ2v) is 8.60. The zero-order valence-corrected chi connectivity index (χ0v) is 19.1. The van der Waals surface area contributed by atoms with Crippen molar-refractivity contribution in [2.75, 3.05) is 17.2 Å². The SMILES string of the molecule is CCC(CO)Nc1ncc2nc(Nc3c(F)cc(C#N)cc3F)n([C@H]3CC[C@@H](C(N)=O)CC3)c2n1. The lowest BCUT2D eigenvalue weighted by Gasteiger charge is -2.29. The van der Waals surface area contributed by atoms with Crippen molar-refractivity contribution < 1.29 is 18.7 Å². The molecule has 5 N–H and O–H groups in total. The van der Waals surface area contributed by atoms with Crippen LogP contribution in [-0.2, 0) is 4.79 Å². The maximum Gasteiger partial charge on any atom is 0.225 e. The van der Waals surface area contributed by atoms with Gasteiger partial charge in [0, 0.05) is 12.0 Å². The van der Waals surface area contributed by atoms with Crippen molar-refractivity contribution >= 4 is 34.7 Å². The smallest absolute Gasteiger partial charge is 0.225 e. The van der Waals surface area contributed by atoms with E-state index in [9.17, 15) is 18.7 Å². The monoisotopic (exact) mass is 484 g/mol. The fourth-order valence-electron chi connectivity index (χ4n) is 4.34. The molecule has 1 aromatic carbocycles. The van der Waals surface area contributed by atoms with Crippen LogP contribution in [0.5, 0.6) is 0 Å². The van der Waals surface area contributed by atoms with Crippen LogP contribution in [0.4, 0.5) is 26.4 Å². The molecule has 0 spiro atoms. The fraction of sp³-hybridized carbons (Fsp3) is 0.435. The van der Waals surface area contributed by atoms with Crippen molar-refractivity contribution in [3.8, 4) is 6.07 Å². The molecule has 4 rings (SSSR count). The molecule has 184 valence electrons. The third kappa shape index (κ3) is 5.00. The van der Waals surface area contributed by atoms with Gasteiger partial charge in [-0.25, -0.2) is 18.7 Å². The first-order valence-corrected chi connectivity index (χ1v) is 11.4. The van der Waals surface area contributed by atoms with E-state index in [-0.39, 0.29) is 48.0 Å². The third-order valence-corrected chi connectivity index (χ3v) is 6.35. The molecule has 1 atom stereocenters. The normalized spacial score (nSPS) is 18.7. The maximum atomic E-state index is 14.6. The van der Waals surface area contributed by atoms with E-state index in [1.165, 1.54) is 6.20 Å². The van der Waals surface area contributed by atoms with Crippen LogP contribution in [0.3, 0.4) is 0 Å². The highest BCUT2D eigenvalue weighted by Gasteiger charge is 2.29. The number of hydrogen-bond acceptors (Lipinski definition) is 8. The predicted molar refractivity (Wildman–Crippen MR) is 125 cm³/mol. The zero-order valence-electron chi connectivity index (χ0n) is 19.1. The summed E-state index contributed by atoms with van der Waals surface area (Å²) in [5.41, 5.74) is 5.74. The molecule has 1 unspecified atom stereocenters. The maximum absolute atomic E-state index is 14.6. The molecule has 1 amide bonds. The number of aromatic nitrogens is 4. The van der Waals surface area contributed by atoms with Gasteiger partial charge in [0.25, 0.3) is 0 Å². The minimum Gasteiger partial charge on any atom is -0.394 e. The van der Waals surface area contributed by atoms with Gasteiger partial charge in [-0.1, -0.05) is 6.92 Å². The van der Waals surface area contributed by atoms with Crippen LogP contribution in [0, 0.1) is 28.9 Å². The average molecular weight is 485 g/mol. The van der Waals surface area contributed by atoms with E-state index in [1.807, 2.05) is 6.92 Å². The number of benzene rings is 1. The Balaban J connectivity index is 1.77. The highest BCUT2D eigenvalue weighted by Crippen LogP contribution is 2.37. The van der Waals surface area contributed by atoms with Gasteiger partial charge in [0.2, 0.25) is 17.8 Å². The van der Waals surface area contributed by atoms with Gasteiger partial charge in [0.1, 0.15) is 11.2 Å². The summed E-state index contributed by atoms with van der Waals surface area (Å²) in [5, 5.41) is 24.3. The van der Waals surface area contributed by atoms with Crippen LogP contribution in [0.25, 0.3) is 11.2 Å². The van der Waals surface area contributed by atoms with Crippen LogP contribution in [0.2, 0.25) is 0 Å². The lowest BCUT2D eigenvalue weighted by atomic mass is 9.85. The number of nitrogens with zero attached hydrogens (tertiary/aromatic N) is 5. The van der Waals surface area contributed by atoms with Crippen molar-refractivity contribution in [1.82, 2.24) is 19.5 Å². The van der Waals surface area contributed by atoms with Gasteiger partial charge in [-0.3, -0.25) is 9.36 Å². The molecule has 35 heavy (non-hydrogen) atoms. The van der Waals surface area contributed by atoms with Crippen LogP contribution in [0.1, 0.15) is 50.6 Å².